The highest BCUT2D eigenvalue weighted by molar-refractivity contribution is 5.25. The first kappa shape index (κ1) is 14.3. The highest BCUT2D eigenvalue weighted by Crippen LogP contribution is 2.24. The van der Waals surface area contributed by atoms with Crippen molar-refractivity contribution in [1.29, 1.82) is 0 Å². The van der Waals surface area contributed by atoms with Gasteiger partial charge in [-0.15, -0.1) is 0 Å². The van der Waals surface area contributed by atoms with Gasteiger partial charge in [0.1, 0.15) is 5.75 Å². The molecule has 2 unspecified atom stereocenters. The van der Waals surface area contributed by atoms with Gasteiger partial charge in [0.25, 0.3) is 0 Å². The monoisotopic (exact) mass is 264 g/mol. The summed E-state index contributed by atoms with van der Waals surface area (Å²) >= 11 is 0. The molecular weight excluding hydrogens is 240 g/mol. The Morgan fingerprint density at radius 2 is 2.37 bits per heavy atom. The van der Waals surface area contributed by atoms with Crippen LogP contribution in [0.5, 0.6) is 5.75 Å². The Bertz CT molecular complexity index is 378. The quantitative estimate of drug-likeness (QED) is 0.858. The van der Waals surface area contributed by atoms with Crippen LogP contribution in [-0.4, -0.2) is 24.3 Å². The molecule has 0 saturated carbocycles. The number of rotatable bonds is 6. The van der Waals surface area contributed by atoms with Crippen molar-refractivity contribution in [3.8, 4) is 5.75 Å². The van der Waals surface area contributed by atoms with Gasteiger partial charge < -0.3 is 15.2 Å². The van der Waals surface area contributed by atoms with Gasteiger partial charge in [-0.3, -0.25) is 4.98 Å². The summed E-state index contributed by atoms with van der Waals surface area (Å²) in [6.07, 6.45) is 9.25. The number of hydrogen-bond acceptors (Lipinski definition) is 4. The molecular formula is C15H24N2O2. The van der Waals surface area contributed by atoms with E-state index >= 15 is 0 Å². The van der Waals surface area contributed by atoms with Crippen LogP contribution in [0.2, 0.25) is 0 Å². The van der Waals surface area contributed by atoms with Crippen molar-refractivity contribution in [2.45, 2.75) is 51.2 Å². The standard InChI is InChI=1S/C15H24N2O2/c1-2-6-18-14-8-12(10-17-11-14)15(16)9-13-5-3-4-7-19-13/h8,10-11,13,15H,2-7,9,16H2,1H3. The molecule has 2 rings (SSSR count). The zero-order valence-electron chi connectivity index (χ0n) is 11.7. The lowest BCUT2D eigenvalue weighted by molar-refractivity contribution is 0.00727. The molecule has 1 fully saturated rings. The van der Waals surface area contributed by atoms with E-state index in [0.29, 0.717) is 12.7 Å². The molecule has 1 aliphatic rings. The molecule has 2 heterocycles. The zero-order valence-corrected chi connectivity index (χ0v) is 11.7. The maximum atomic E-state index is 6.25. The summed E-state index contributed by atoms with van der Waals surface area (Å²) in [5.74, 6) is 0.805. The first-order valence-corrected chi connectivity index (χ1v) is 7.24. The molecule has 4 nitrogen and oxygen atoms in total. The number of aromatic nitrogens is 1. The fourth-order valence-electron chi connectivity index (χ4n) is 2.35. The van der Waals surface area contributed by atoms with Crippen LogP contribution in [0.25, 0.3) is 0 Å². The molecule has 0 aliphatic carbocycles. The summed E-state index contributed by atoms with van der Waals surface area (Å²) in [6, 6.07) is 1.97. The normalized spacial score (nSPS) is 21.1. The van der Waals surface area contributed by atoms with Gasteiger partial charge in [0, 0.05) is 18.8 Å². The van der Waals surface area contributed by atoms with Crippen molar-refractivity contribution < 1.29 is 9.47 Å². The summed E-state index contributed by atoms with van der Waals surface area (Å²) < 4.78 is 11.3. The molecule has 106 valence electrons. The van der Waals surface area contributed by atoms with Crippen LogP contribution in [0.3, 0.4) is 0 Å². The highest BCUT2D eigenvalue weighted by Gasteiger charge is 2.18. The Hall–Kier alpha value is -1.13. The van der Waals surface area contributed by atoms with Crippen LogP contribution in [0.15, 0.2) is 18.5 Å². The molecule has 0 amide bonds. The summed E-state index contributed by atoms with van der Waals surface area (Å²) in [6.45, 7) is 3.67. The van der Waals surface area contributed by atoms with Gasteiger partial charge >= 0.3 is 0 Å². The minimum Gasteiger partial charge on any atom is -0.492 e. The fraction of sp³-hybridized carbons (Fsp3) is 0.667. The van der Waals surface area contributed by atoms with E-state index in [9.17, 15) is 0 Å². The number of nitrogens with zero attached hydrogens (tertiary/aromatic N) is 1. The molecule has 0 aromatic carbocycles. The fourth-order valence-corrected chi connectivity index (χ4v) is 2.35. The van der Waals surface area contributed by atoms with Crippen molar-refractivity contribution in [3.63, 3.8) is 0 Å². The summed E-state index contributed by atoms with van der Waals surface area (Å²) in [7, 11) is 0. The third kappa shape index (κ3) is 4.48. The minimum atomic E-state index is -0.0271. The summed E-state index contributed by atoms with van der Waals surface area (Å²) in [5, 5.41) is 0. The molecule has 1 saturated heterocycles. The molecule has 2 atom stereocenters. The zero-order chi connectivity index (χ0) is 13.5. The van der Waals surface area contributed by atoms with Crippen molar-refractivity contribution in [1.82, 2.24) is 4.98 Å². The molecule has 1 aliphatic heterocycles. The lowest BCUT2D eigenvalue weighted by atomic mass is 9.98. The second kappa shape index (κ2) is 7.46. The van der Waals surface area contributed by atoms with Crippen LogP contribution >= 0.6 is 0 Å². The molecule has 0 radical (unpaired) electrons. The van der Waals surface area contributed by atoms with E-state index in [-0.39, 0.29) is 6.04 Å². The molecule has 19 heavy (non-hydrogen) atoms. The first-order valence-electron chi connectivity index (χ1n) is 7.24. The minimum absolute atomic E-state index is 0.0271. The van der Waals surface area contributed by atoms with Gasteiger partial charge in [-0.1, -0.05) is 6.92 Å². The van der Waals surface area contributed by atoms with E-state index < -0.39 is 0 Å². The Kier molecular flexibility index (Phi) is 5.61. The molecule has 0 bridgehead atoms. The van der Waals surface area contributed by atoms with Crippen molar-refractivity contribution >= 4 is 0 Å². The first-order chi connectivity index (χ1) is 9.29. The van der Waals surface area contributed by atoms with Gasteiger partial charge in [-0.2, -0.15) is 0 Å². The van der Waals surface area contributed by atoms with E-state index in [1.54, 1.807) is 6.20 Å². The van der Waals surface area contributed by atoms with Gasteiger partial charge in [-0.25, -0.2) is 0 Å². The molecule has 4 heteroatoms. The van der Waals surface area contributed by atoms with Crippen LogP contribution in [0.1, 0.15) is 50.6 Å². The average molecular weight is 264 g/mol. The molecule has 2 N–H and O–H groups in total. The topological polar surface area (TPSA) is 57.4 Å². The van der Waals surface area contributed by atoms with Gasteiger partial charge in [0.2, 0.25) is 0 Å². The maximum Gasteiger partial charge on any atom is 0.137 e. The SMILES string of the molecule is CCCOc1cncc(C(N)CC2CCCCO2)c1. The van der Waals surface area contributed by atoms with Crippen molar-refractivity contribution in [2.75, 3.05) is 13.2 Å². The second-order valence-corrected chi connectivity index (χ2v) is 5.13. The van der Waals surface area contributed by atoms with Crippen LogP contribution in [-0.2, 0) is 4.74 Å². The third-order valence-corrected chi connectivity index (χ3v) is 3.43. The largest absolute Gasteiger partial charge is 0.492 e. The van der Waals surface area contributed by atoms with Gasteiger partial charge in [0.05, 0.1) is 18.9 Å². The van der Waals surface area contributed by atoms with Gasteiger partial charge in [0.15, 0.2) is 0 Å². The van der Waals surface area contributed by atoms with E-state index in [0.717, 1.165) is 37.2 Å². The van der Waals surface area contributed by atoms with Crippen LogP contribution in [0, 0.1) is 0 Å². The number of nitrogens with two attached hydrogens (primary N) is 1. The highest BCUT2D eigenvalue weighted by atomic mass is 16.5. The van der Waals surface area contributed by atoms with E-state index in [2.05, 4.69) is 11.9 Å². The molecule has 1 aromatic heterocycles. The smallest absolute Gasteiger partial charge is 0.137 e. The van der Waals surface area contributed by atoms with E-state index in [1.165, 1.54) is 12.8 Å². The van der Waals surface area contributed by atoms with E-state index in [1.807, 2.05) is 12.3 Å². The Balaban J connectivity index is 1.91. The van der Waals surface area contributed by atoms with Crippen molar-refractivity contribution in [3.05, 3.63) is 24.0 Å². The van der Waals surface area contributed by atoms with Gasteiger partial charge in [-0.05, 0) is 43.7 Å². The van der Waals surface area contributed by atoms with Crippen LogP contribution in [0.4, 0.5) is 0 Å². The number of pyridine rings is 1. The summed E-state index contributed by atoms with van der Waals surface area (Å²) in [5.41, 5.74) is 7.28. The lowest BCUT2D eigenvalue weighted by Gasteiger charge is -2.25. The number of ether oxygens (including phenoxy) is 2. The third-order valence-electron chi connectivity index (χ3n) is 3.43. The summed E-state index contributed by atoms with van der Waals surface area (Å²) in [4.78, 5) is 4.21. The Morgan fingerprint density at radius 1 is 1.47 bits per heavy atom. The van der Waals surface area contributed by atoms with Crippen molar-refractivity contribution in [2.24, 2.45) is 5.73 Å². The van der Waals surface area contributed by atoms with Crippen LogP contribution < -0.4 is 10.5 Å². The average Bonchev–Trinajstić information content (AvgIpc) is 2.46. The maximum absolute atomic E-state index is 6.25. The predicted molar refractivity (Wildman–Crippen MR) is 75.2 cm³/mol. The Labute approximate surface area is 115 Å². The molecule has 0 spiro atoms. The Morgan fingerprint density at radius 3 is 3.11 bits per heavy atom. The lowest BCUT2D eigenvalue weighted by Crippen LogP contribution is -2.25. The predicted octanol–water partition coefficient (Wildman–Crippen LogP) is 2.83. The second-order valence-electron chi connectivity index (χ2n) is 5.13. The molecule has 1 aromatic rings. The van der Waals surface area contributed by atoms with E-state index in [4.69, 9.17) is 15.2 Å². The number of hydrogen-bond donors (Lipinski definition) is 1.